The van der Waals surface area contributed by atoms with Crippen molar-refractivity contribution in [1.82, 2.24) is 4.98 Å². The van der Waals surface area contributed by atoms with Crippen LogP contribution in [-0.2, 0) is 0 Å². The van der Waals surface area contributed by atoms with Crippen LogP contribution >= 0.6 is 11.3 Å². The van der Waals surface area contributed by atoms with Crippen molar-refractivity contribution in [2.45, 2.75) is 6.92 Å². The van der Waals surface area contributed by atoms with Gasteiger partial charge in [-0.3, -0.25) is 4.79 Å². The molecule has 0 amide bonds. The highest BCUT2D eigenvalue weighted by molar-refractivity contribution is 7.21. The minimum atomic E-state index is -0.141. The van der Waals surface area contributed by atoms with Gasteiger partial charge < -0.3 is 9.52 Å². The summed E-state index contributed by atoms with van der Waals surface area (Å²) in [6.45, 7) is 2.00. The van der Waals surface area contributed by atoms with E-state index in [0.717, 1.165) is 15.8 Å². The van der Waals surface area contributed by atoms with Gasteiger partial charge in [0.15, 0.2) is 0 Å². The van der Waals surface area contributed by atoms with Crippen LogP contribution in [0.25, 0.3) is 31.8 Å². The van der Waals surface area contributed by atoms with Gasteiger partial charge in [-0.1, -0.05) is 12.1 Å². The molecular weight excluding hydrogens is 298 g/mol. The van der Waals surface area contributed by atoms with Gasteiger partial charge in [0.25, 0.3) is 0 Å². The Hall–Kier alpha value is -2.66. The van der Waals surface area contributed by atoms with E-state index in [-0.39, 0.29) is 11.2 Å². The molecule has 108 valence electrons. The predicted molar refractivity (Wildman–Crippen MR) is 87.5 cm³/mol. The molecule has 0 fully saturated rings. The van der Waals surface area contributed by atoms with Gasteiger partial charge in [0, 0.05) is 6.07 Å². The average molecular weight is 309 g/mol. The van der Waals surface area contributed by atoms with Gasteiger partial charge in [-0.25, -0.2) is 4.98 Å². The molecule has 2 heterocycles. The second-order valence-electron chi connectivity index (χ2n) is 5.10. The number of benzene rings is 2. The normalized spacial score (nSPS) is 11.3. The van der Waals surface area contributed by atoms with Gasteiger partial charge in [0.05, 0.1) is 21.2 Å². The van der Waals surface area contributed by atoms with E-state index in [4.69, 9.17) is 4.42 Å². The van der Waals surface area contributed by atoms with Crippen LogP contribution in [0.2, 0.25) is 0 Å². The van der Waals surface area contributed by atoms with E-state index in [1.807, 2.05) is 25.1 Å². The summed E-state index contributed by atoms with van der Waals surface area (Å²) < 4.78 is 6.53. The lowest BCUT2D eigenvalue weighted by Gasteiger charge is -2.00. The van der Waals surface area contributed by atoms with E-state index in [1.54, 1.807) is 6.07 Å². The lowest BCUT2D eigenvalue weighted by molar-refractivity contribution is 0.474. The topological polar surface area (TPSA) is 63.3 Å². The molecule has 0 aliphatic heterocycles. The van der Waals surface area contributed by atoms with Gasteiger partial charge in [0.1, 0.15) is 22.6 Å². The quantitative estimate of drug-likeness (QED) is 0.575. The van der Waals surface area contributed by atoms with Gasteiger partial charge in [-0.2, -0.15) is 0 Å². The number of hydrogen-bond donors (Lipinski definition) is 1. The molecule has 0 bridgehead atoms. The molecule has 4 aromatic rings. The van der Waals surface area contributed by atoms with E-state index in [1.165, 1.54) is 29.7 Å². The highest BCUT2D eigenvalue weighted by Gasteiger charge is 2.14. The summed E-state index contributed by atoms with van der Waals surface area (Å²) in [5, 5.41) is 10.5. The molecule has 0 aliphatic carbocycles. The van der Waals surface area contributed by atoms with Crippen LogP contribution < -0.4 is 5.43 Å². The summed E-state index contributed by atoms with van der Waals surface area (Å²) in [5.74, 6) is 0.0685. The van der Waals surface area contributed by atoms with Crippen LogP contribution in [-0.4, -0.2) is 10.1 Å². The molecule has 0 spiro atoms. The van der Waals surface area contributed by atoms with Crippen molar-refractivity contribution < 1.29 is 9.52 Å². The smallest absolute Gasteiger partial charge is 0.202 e. The van der Waals surface area contributed by atoms with E-state index < -0.39 is 0 Å². The zero-order chi connectivity index (χ0) is 15.3. The number of rotatable bonds is 1. The Morgan fingerprint density at radius 2 is 2.09 bits per heavy atom. The van der Waals surface area contributed by atoms with Crippen molar-refractivity contribution in [3.8, 4) is 16.3 Å². The summed E-state index contributed by atoms with van der Waals surface area (Å²) in [5.41, 5.74) is 2.66. The minimum absolute atomic E-state index is 0.0685. The predicted octanol–water partition coefficient (Wildman–Crippen LogP) is 4.08. The van der Waals surface area contributed by atoms with Crippen molar-refractivity contribution >= 4 is 32.5 Å². The Morgan fingerprint density at radius 1 is 1.23 bits per heavy atom. The maximum atomic E-state index is 12.6. The molecule has 2 aromatic heterocycles. The number of thiazole rings is 1. The minimum Gasteiger partial charge on any atom is -0.508 e. The molecule has 1 N–H and O–H groups in total. The van der Waals surface area contributed by atoms with E-state index in [0.29, 0.717) is 21.5 Å². The van der Waals surface area contributed by atoms with Gasteiger partial charge >= 0.3 is 0 Å². The molecule has 0 aliphatic rings. The molecule has 0 unspecified atom stereocenters. The molecule has 4 nitrogen and oxygen atoms in total. The van der Waals surface area contributed by atoms with Gasteiger partial charge in [-0.15, -0.1) is 11.3 Å². The monoisotopic (exact) mass is 309 g/mol. The highest BCUT2D eigenvalue weighted by Crippen LogP contribution is 2.31. The molecular formula is C17H11NO3S. The van der Waals surface area contributed by atoms with Crippen molar-refractivity contribution in [2.24, 2.45) is 0 Å². The summed E-state index contributed by atoms with van der Waals surface area (Å²) in [7, 11) is 0. The second kappa shape index (κ2) is 4.68. The lowest BCUT2D eigenvalue weighted by Crippen LogP contribution is -2.04. The van der Waals surface area contributed by atoms with Crippen molar-refractivity contribution in [3.63, 3.8) is 0 Å². The molecule has 0 saturated carbocycles. The Kier molecular flexibility index (Phi) is 2.77. The summed E-state index contributed by atoms with van der Waals surface area (Å²) >= 11 is 1.47. The standard InChI is InChI=1S/C17H11NO3S/c1-9-3-2-4-14-15(9)18-17(22-14)12-8-21-13-7-10(19)5-6-11(13)16(12)20/h2-8,19H,1H3. The van der Waals surface area contributed by atoms with Crippen LogP contribution in [0.4, 0.5) is 0 Å². The number of fused-ring (bicyclic) bond motifs is 2. The van der Waals surface area contributed by atoms with Crippen LogP contribution in [0.15, 0.2) is 51.9 Å². The molecule has 0 radical (unpaired) electrons. The first-order valence-electron chi connectivity index (χ1n) is 6.74. The Labute approximate surface area is 129 Å². The second-order valence-corrected chi connectivity index (χ2v) is 6.13. The van der Waals surface area contributed by atoms with E-state index in [2.05, 4.69) is 4.98 Å². The Morgan fingerprint density at radius 3 is 2.91 bits per heavy atom. The highest BCUT2D eigenvalue weighted by atomic mass is 32.1. The van der Waals surface area contributed by atoms with Crippen LogP contribution in [0.1, 0.15) is 5.56 Å². The fraction of sp³-hybridized carbons (Fsp3) is 0.0588. The molecule has 4 rings (SSSR count). The fourth-order valence-corrected chi connectivity index (χ4v) is 3.51. The van der Waals surface area contributed by atoms with E-state index >= 15 is 0 Å². The number of aromatic nitrogens is 1. The molecule has 5 heteroatoms. The first-order chi connectivity index (χ1) is 10.6. The number of phenols is 1. The van der Waals surface area contributed by atoms with E-state index in [9.17, 15) is 9.90 Å². The molecule has 22 heavy (non-hydrogen) atoms. The molecule has 0 saturated heterocycles. The number of nitrogens with zero attached hydrogens (tertiary/aromatic N) is 1. The third-order valence-corrected chi connectivity index (χ3v) is 4.66. The lowest BCUT2D eigenvalue weighted by atomic mass is 10.1. The van der Waals surface area contributed by atoms with Crippen LogP contribution in [0, 0.1) is 6.92 Å². The fourth-order valence-electron chi connectivity index (χ4n) is 2.47. The van der Waals surface area contributed by atoms with Crippen LogP contribution in [0.5, 0.6) is 5.75 Å². The van der Waals surface area contributed by atoms with Crippen LogP contribution in [0.3, 0.4) is 0 Å². The third-order valence-electron chi connectivity index (χ3n) is 3.61. The largest absolute Gasteiger partial charge is 0.508 e. The number of aromatic hydroxyl groups is 1. The first kappa shape index (κ1) is 13.0. The number of phenolic OH excluding ortho intramolecular Hbond substituents is 1. The Bertz CT molecular complexity index is 1080. The number of aryl methyl sites for hydroxylation is 1. The maximum Gasteiger partial charge on any atom is 0.202 e. The SMILES string of the molecule is Cc1cccc2sc(-c3coc4cc(O)ccc4c3=O)nc12. The van der Waals surface area contributed by atoms with Crippen molar-refractivity contribution in [3.05, 3.63) is 58.4 Å². The van der Waals surface area contributed by atoms with Crippen molar-refractivity contribution in [2.75, 3.05) is 0 Å². The zero-order valence-corrected chi connectivity index (χ0v) is 12.5. The van der Waals surface area contributed by atoms with Crippen molar-refractivity contribution in [1.29, 1.82) is 0 Å². The van der Waals surface area contributed by atoms with Gasteiger partial charge in [0.2, 0.25) is 5.43 Å². The first-order valence-corrected chi connectivity index (χ1v) is 7.56. The molecule has 0 atom stereocenters. The number of para-hydroxylation sites is 1. The summed E-state index contributed by atoms with van der Waals surface area (Å²) in [6.07, 6.45) is 1.41. The number of hydrogen-bond acceptors (Lipinski definition) is 5. The zero-order valence-electron chi connectivity index (χ0n) is 11.7. The Balaban J connectivity index is 2.00. The maximum absolute atomic E-state index is 12.6. The average Bonchev–Trinajstić information content (AvgIpc) is 2.92. The third kappa shape index (κ3) is 1.90. The summed E-state index contributed by atoms with van der Waals surface area (Å²) in [4.78, 5) is 17.2. The molecule has 2 aromatic carbocycles. The summed E-state index contributed by atoms with van der Waals surface area (Å²) in [6, 6.07) is 10.4. The van der Waals surface area contributed by atoms with Gasteiger partial charge in [-0.05, 0) is 30.7 Å².